The number of sulfone groups is 1. The Morgan fingerprint density at radius 3 is 2.24 bits per heavy atom. The molecule has 1 atom stereocenters. The van der Waals surface area contributed by atoms with Gasteiger partial charge in [0, 0.05) is 19.3 Å². The molecule has 0 aromatic carbocycles. The van der Waals surface area contributed by atoms with Crippen molar-refractivity contribution in [3.05, 3.63) is 0 Å². The van der Waals surface area contributed by atoms with E-state index < -0.39 is 39.0 Å². The van der Waals surface area contributed by atoms with Crippen molar-refractivity contribution in [1.29, 1.82) is 0 Å². The number of carbonyl (C=O) groups is 2. The molecule has 1 aliphatic rings. The van der Waals surface area contributed by atoms with Crippen LogP contribution < -0.4 is 5.32 Å². The molecule has 0 bridgehead atoms. The molecule has 122 valence electrons. The predicted octanol–water partition coefficient (Wildman–Crippen LogP) is -0.448. The van der Waals surface area contributed by atoms with Crippen molar-refractivity contribution in [3.8, 4) is 0 Å². The van der Waals surface area contributed by atoms with Gasteiger partial charge in [-0.1, -0.05) is 13.8 Å². The van der Waals surface area contributed by atoms with Crippen molar-refractivity contribution in [2.45, 2.75) is 19.4 Å². The summed E-state index contributed by atoms with van der Waals surface area (Å²) in [5.74, 6) is -2.59. The van der Waals surface area contributed by atoms with E-state index in [1.165, 1.54) is 4.90 Å². The Morgan fingerprint density at radius 2 is 1.86 bits per heavy atom. The van der Waals surface area contributed by atoms with E-state index in [4.69, 9.17) is 4.74 Å². The van der Waals surface area contributed by atoms with Gasteiger partial charge >= 0.3 is 12.0 Å². The zero-order valence-corrected chi connectivity index (χ0v) is 13.3. The number of nitrogens with zero attached hydrogens (tertiary/aromatic N) is 1. The predicted molar refractivity (Wildman–Crippen MR) is 75.8 cm³/mol. The van der Waals surface area contributed by atoms with Gasteiger partial charge in [0.1, 0.15) is 9.84 Å². The molecule has 1 rings (SSSR count). The highest BCUT2D eigenvalue weighted by Crippen LogP contribution is 2.21. The molecule has 1 fully saturated rings. The Balaban J connectivity index is 3.00. The molecule has 0 radical (unpaired) electrons. The smallest absolute Gasteiger partial charge is 0.330 e. The molecule has 2 N–H and O–H groups in total. The van der Waals surface area contributed by atoms with E-state index >= 15 is 0 Å². The maximum Gasteiger partial charge on any atom is 0.330 e. The Morgan fingerprint density at radius 1 is 1.33 bits per heavy atom. The van der Waals surface area contributed by atoms with Crippen molar-refractivity contribution in [2.24, 2.45) is 5.92 Å². The van der Waals surface area contributed by atoms with Gasteiger partial charge in [-0.25, -0.2) is 18.0 Å². The van der Waals surface area contributed by atoms with Crippen LogP contribution in [0.1, 0.15) is 13.8 Å². The van der Waals surface area contributed by atoms with Crippen LogP contribution in [0.2, 0.25) is 0 Å². The lowest BCUT2D eigenvalue weighted by atomic mass is 9.88. The minimum absolute atomic E-state index is 0.346. The lowest BCUT2D eigenvalue weighted by Gasteiger charge is -2.36. The first-order chi connectivity index (χ1) is 9.58. The fraction of sp³-hybridized carbons (Fsp3) is 0.833. The molecule has 1 aliphatic heterocycles. The lowest BCUT2D eigenvalue weighted by molar-refractivity contribution is -0.145. The molecule has 1 saturated heterocycles. The van der Waals surface area contributed by atoms with Gasteiger partial charge in [0.05, 0.1) is 19.0 Å². The number of nitrogens with one attached hydrogen (secondary N) is 1. The van der Waals surface area contributed by atoms with Gasteiger partial charge in [0.25, 0.3) is 0 Å². The number of urea groups is 1. The third-order valence-electron chi connectivity index (χ3n) is 3.49. The van der Waals surface area contributed by atoms with Gasteiger partial charge in [-0.3, -0.25) is 0 Å². The molecule has 1 unspecified atom stereocenters. The van der Waals surface area contributed by atoms with Gasteiger partial charge in [-0.2, -0.15) is 0 Å². The van der Waals surface area contributed by atoms with Gasteiger partial charge in [0.2, 0.25) is 0 Å². The highest BCUT2D eigenvalue weighted by molar-refractivity contribution is 7.90. The summed E-state index contributed by atoms with van der Waals surface area (Å²) in [6.45, 7) is 4.58. The molecular weight excluding hydrogens is 300 g/mol. The summed E-state index contributed by atoms with van der Waals surface area (Å²) in [5.41, 5.74) is -1.84. The molecule has 0 aliphatic carbocycles. The maximum atomic E-state index is 12.2. The van der Waals surface area contributed by atoms with Crippen LogP contribution in [0, 0.1) is 5.92 Å². The largest absolute Gasteiger partial charge is 0.479 e. The van der Waals surface area contributed by atoms with Crippen LogP contribution in [0.25, 0.3) is 0 Å². The van der Waals surface area contributed by atoms with Crippen molar-refractivity contribution in [3.63, 3.8) is 0 Å². The summed E-state index contributed by atoms with van der Waals surface area (Å²) in [5, 5.41) is 11.9. The number of hydrogen-bond donors (Lipinski definition) is 2. The molecule has 9 heteroatoms. The van der Waals surface area contributed by atoms with E-state index in [1.807, 2.05) is 0 Å². The zero-order chi connectivity index (χ0) is 16.3. The average Bonchev–Trinajstić information content (AvgIpc) is 2.36. The third-order valence-corrected chi connectivity index (χ3v) is 4.47. The average molecular weight is 322 g/mol. The SMILES string of the molecule is CC(C)C(CS(C)(=O)=O)(NC(=O)N1CCOCC1)C(=O)O. The second kappa shape index (κ2) is 6.61. The van der Waals surface area contributed by atoms with Crippen molar-refractivity contribution < 1.29 is 27.9 Å². The molecule has 1 heterocycles. The van der Waals surface area contributed by atoms with E-state index in [0.717, 1.165) is 6.26 Å². The second-order valence-corrected chi connectivity index (χ2v) is 7.67. The summed E-state index contributed by atoms with van der Waals surface area (Å²) in [6.07, 6.45) is 0.952. The minimum Gasteiger partial charge on any atom is -0.479 e. The number of carboxylic acids is 1. The second-order valence-electron chi connectivity index (χ2n) is 5.53. The number of morpholine rings is 1. The van der Waals surface area contributed by atoms with Gasteiger partial charge in [0.15, 0.2) is 5.54 Å². The molecular formula is C12H22N2O6S. The Labute approximate surface area is 124 Å². The number of hydrogen-bond acceptors (Lipinski definition) is 5. The molecule has 2 amide bonds. The quantitative estimate of drug-likeness (QED) is 0.709. The minimum atomic E-state index is -3.59. The lowest BCUT2D eigenvalue weighted by Crippen LogP contribution is -2.64. The van der Waals surface area contributed by atoms with E-state index in [1.54, 1.807) is 13.8 Å². The van der Waals surface area contributed by atoms with Crippen molar-refractivity contribution in [2.75, 3.05) is 38.3 Å². The Kier molecular flexibility index (Phi) is 5.57. The standard InChI is InChI=1S/C12H22N2O6S/c1-9(2)12(10(15)16,8-21(3,18)19)13-11(17)14-4-6-20-7-5-14/h9H,4-8H2,1-3H3,(H,13,17)(H,15,16). The van der Waals surface area contributed by atoms with Crippen LogP contribution in [0.3, 0.4) is 0 Å². The Hall–Kier alpha value is -1.35. The number of aliphatic carboxylic acids is 1. The van der Waals surface area contributed by atoms with E-state index in [-0.39, 0.29) is 0 Å². The van der Waals surface area contributed by atoms with E-state index in [0.29, 0.717) is 26.3 Å². The monoisotopic (exact) mass is 322 g/mol. The topological polar surface area (TPSA) is 113 Å². The first-order valence-electron chi connectivity index (χ1n) is 6.64. The Bertz CT molecular complexity index is 498. The number of rotatable bonds is 5. The van der Waals surface area contributed by atoms with Crippen molar-refractivity contribution >= 4 is 21.8 Å². The number of carboxylic acid groups (broad SMARTS) is 1. The number of carbonyl (C=O) groups excluding carboxylic acids is 1. The van der Waals surface area contributed by atoms with E-state index in [2.05, 4.69) is 5.32 Å². The normalized spacial score (nSPS) is 19.1. The van der Waals surface area contributed by atoms with Crippen LogP contribution in [0.4, 0.5) is 4.79 Å². The molecule has 0 spiro atoms. The first-order valence-corrected chi connectivity index (χ1v) is 8.70. The third kappa shape index (κ3) is 4.57. The van der Waals surface area contributed by atoms with Crippen LogP contribution in [-0.2, 0) is 19.4 Å². The fourth-order valence-corrected chi connectivity index (χ4v) is 3.52. The van der Waals surface area contributed by atoms with Crippen LogP contribution in [0.15, 0.2) is 0 Å². The van der Waals surface area contributed by atoms with Crippen molar-refractivity contribution in [1.82, 2.24) is 10.2 Å². The number of amides is 2. The summed E-state index contributed by atoms with van der Waals surface area (Å²) in [7, 11) is -3.59. The first kappa shape index (κ1) is 17.7. The molecule has 8 nitrogen and oxygen atoms in total. The molecule has 21 heavy (non-hydrogen) atoms. The van der Waals surface area contributed by atoms with E-state index in [9.17, 15) is 23.1 Å². The van der Waals surface area contributed by atoms with Crippen LogP contribution in [0.5, 0.6) is 0 Å². The molecule has 0 saturated carbocycles. The van der Waals surface area contributed by atoms with Gasteiger partial charge in [-0.05, 0) is 5.92 Å². The highest BCUT2D eigenvalue weighted by Gasteiger charge is 2.46. The van der Waals surface area contributed by atoms with Crippen LogP contribution >= 0.6 is 0 Å². The molecule has 0 aromatic rings. The summed E-state index contributed by atoms with van der Waals surface area (Å²) >= 11 is 0. The maximum absolute atomic E-state index is 12.2. The number of ether oxygens (including phenoxy) is 1. The molecule has 0 aromatic heterocycles. The summed E-state index contributed by atoms with van der Waals surface area (Å²) < 4.78 is 28.3. The zero-order valence-electron chi connectivity index (χ0n) is 12.5. The van der Waals surface area contributed by atoms with Gasteiger partial charge < -0.3 is 20.1 Å². The summed E-state index contributed by atoms with van der Waals surface area (Å²) in [4.78, 5) is 25.3. The van der Waals surface area contributed by atoms with Crippen LogP contribution in [-0.4, -0.2) is 74.3 Å². The highest BCUT2D eigenvalue weighted by atomic mass is 32.2. The summed E-state index contributed by atoms with van der Waals surface area (Å²) in [6, 6.07) is -0.585. The van der Waals surface area contributed by atoms with Gasteiger partial charge in [-0.15, -0.1) is 0 Å². The fourth-order valence-electron chi connectivity index (χ4n) is 2.16.